The van der Waals surface area contributed by atoms with Crippen LogP contribution in [0.4, 0.5) is 0 Å². The van der Waals surface area contributed by atoms with Crippen LogP contribution in [0.3, 0.4) is 0 Å². The quantitative estimate of drug-likeness (QED) is 0.363. The summed E-state index contributed by atoms with van der Waals surface area (Å²) in [5, 5.41) is 9.21. The molecular weight excluding hydrogens is 136 g/mol. The zero-order chi connectivity index (χ0) is 7.72. The molecule has 1 amide bonds. The molecule has 0 bridgehead atoms. The first-order valence-electron chi connectivity index (χ1n) is 2.92. The molecule has 0 aromatic heterocycles. The van der Waals surface area contributed by atoms with E-state index < -0.39 is 12.0 Å². The van der Waals surface area contributed by atoms with Gasteiger partial charge in [-0.15, -0.1) is 0 Å². The molecule has 5 heteroatoms. The van der Waals surface area contributed by atoms with Gasteiger partial charge in [0, 0.05) is 6.42 Å². The molecule has 1 heterocycles. The second-order valence-corrected chi connectivity index (χ2v) is 2.19. The lowest BCUT2D eigenvalue weighted by molar-refractivity contribution is -0.146. The summed E-state index contributed by atoms with van der Waals surface area (Å²) in [4.78, 5) is 20.9. The molecule has 1 aliphatic heterocycles. The fourth-order valence-electron chi connectivity index (χ4n) is 0.945. The number of nitrogens with two attached hydrogens (primary N) is 1. The van der Waals surface area contributed by atoms with E-state index in [1.165, 1.54) is 0 Å². The van der Waals surface area contributed by atoms with Gasteiger partial charge in [-0.05, 0) is 6.42 Å². The Morgan fingerprint density at radius 2 is 2.40 bits per heavy atom. The first kappa shape index (κ1) is 7.01. The number of carbonyl (C=O) groups excluding carboxylic acids is 1. The van der Waals surface area contributed by atoms with Gasteiger partial charge < -0.3 is 5.11 Å². The molecule has 0 saturated carbocycles. The molecule has 1 fully saturated rings. The predicted molar refractivity (Wildman–Crippen MR) is 31.7 cm³/mol. The van der Waals surface area contributed by atoms with E-state index in [4.69, 9.17) is 10.9 Å². The van der Waals surface area contributed by atoms with Crippen LogP contribution in [0.5, 0.6) is 0 Å². The van der Waals surface area contributed by atoms with Crippen LogP contribution in [-0.4, -0.2) is 28.0 Å². The minimum atomic E-state index is -1.03. The lowest BCUT2D eigenvalue weighted by Gasteiger charge is -2.13. The lowest BCUT2D eigenvalue weighted by atomic mass is 10.2. The predicted octanol–water partition coefficient (Wildman–Crippen LogP) is -1.06. The van der Waals surface area contributed by atoms with E-state index in [1.807, 2.05) is 0 Å². The van der Waals surface area contributed by atoms with E-state index in [1.54, 1.807) is 0 Å². The Bertz CT molecular complexity index is 180. The highest BCUT2D eigenvalue weighted by Gasteiger charge is 2.33. The number of carbonyl (C=O) groups is 2. The molecule has 5 nitrogen and oxygen atoms in total. The Morgan fingerprint density at radius 1 is 1.80 bits per heavy atom. The highest BCUT2D eigenvalue weighted by atomic mass is 16.4. The second-order valence-electron chi connectivity index (χ2n) is 2.19. The van der Waals surface area contributed by atoms with Crippen molar-refractivity contribution in [2.75, 3.05) is 0 Å². The third-order valence-corrected chi connectivity index (χ3v) is 1.54. The van der Waals surface area contributed by atoms with Crippen molar-refractivity contribution in [2.24, 2.45) is 5.84 Å². The average Bonchev–Trinajstić information content (AvgIpc) is 2.14. The fourth-order valence-corrected chi connectivity index (χ4v) is 0.945. The van der Waals surface area contributed by atoms with Crippen LogP contribution >= 0.6 is 0 Å². The SMILES string of the molecule is NN1C(=O)CC[C@H]1C(=O)O. The summed E-state index contributed by atoms with van der Waals surface area (Å²) in [5.41, 5.74) is 0. The summed E-state index contributed by atoms with van der Waals surface area (Å²) in [6, 6.07) is -0.813. The Hall–Kier alpha value is -1.10. The minimum absolute atomic E-state index is 0.244. The summed E-state index contributed by atoms with van der Waals surface area (Å²) < 4.78 is 0. The van der Waals surface area contributed by atoms with Crippen molar-refractivity contribution in [1.82, 2.24) is 5.01 Å². The van der Waals surface area contributed by atoms with Gasteiger partial charge in [-0.25, -0.2) is 10.6 Å². The van der Waals surface area contributed by atoms with Gasteiger partial charge in [0.1, 0.15) is 6.04 Å². The summed E-state index contributed by atoms with van der Waals surface area (Å²) in [7, 11) is 0. The van der Waals surface area contributed by atoms with Crippen molar-refractivity contribution in [2.45, 2.75) is 18.9 Å². The van der Waals surface area contributed by atoms with Gasteiger partial charge in [-0.2, -0.15) is 0 Å². The Morgan fingerprint density at radius 3 is 2.60 bits per heavy atom. The number of carboxylic acids is 1. The fraction of sp³-hybridized carbons (Fsp3) is 0.600. The Labute approximate surface area is 57.4 Å². The van der Waals surface area contributed by atoms with Crippen LogP contribution in [-0.2, 0) is 9.59 Å². The van der Waals surface area contributed by atoms with Crippen LogP contribution < -0.4 is 5.84 Å². The molecule has 1 saturated heterocycles. The number of carboxylic acid groups (broad SMARTS) is 1. The third kappa shape index (κ3) is 0.950. The number of hydrogen-bond donors (Lipinski definition) is 2. The number of aliphatic carboxylic acids is 1. The number of rotatable bonds is 1. The smallest absolute Gasteiger partial charge is 0.328 e. The van der Waals surface area contributed by atoms with Crippen molar-refractivity contribution in [1.29, 1.82) is 0 Å². The molecular formula is C5H8N2O3. The highest BCUT2D eigenvalue weighted by Crippen LogP contribution is 2.13. The zero-order valence-electron chi connectivity index (χ0n) is 5.28. The molecule has 0 aromatic rings. The van der Waals surface area contributed by atoms with E-state index in [2.05, 4.69) is 0 Å². The van der Waals surface area contributed by atoms with Crippen LogP contribution in [0, 0.1) is 0 Å². The summed E-state index contributed by atoms with van der Waals surface area (Å²) in [6.07, 6.45) is 0.568. The molecule has 1 rings (SSSR count). The minimum Gasteiger partial charge on any atom is -0.480 e. The zero-order valence-corrected chi connectivity index (χ0v) is 5.28. The Balaban J connectivity index is 2.66. The van der Waals surface area contributed by atoms with Gasteiger partial charge in [0.15, 0.2) is 0 Å². The van der Waals surface area contributed by atoms with Crippen LogP contribution in [0.25, 0.3) is 0 Å². The van der Waals surface area contributed by atoms with Crippen molar-refractivity contribution < 1.29 is 14.7 Å². The van der Waals surface area contributed by atoms with Crippen molar-refractivity contribution in [3.05, 3.63) is 0 Å². The number of hydrogen-bond acceptors (Lipinski definition) is 3. The second kappa shape index (κ2) is 2.26. The maximum atomic E-state index is 10.6. The molecule has 3 N–H and O–H groups in total. The summed E-state index contributed by atoms with van der Waals surface area (Å²) >= 11 is 0. The van der Waals surface area contributed by atoms with Crippen LogP contribution in [0.2, 0.25) is 0 Å². The lowest BCUT2D eigenvalue weighted by Crippen LogP contribution is -2.43. The van der Waals surface area contributed by atoms with E-state index >= 15 is 0 Å². The summed E-state index contributed by atoms with van der Waals surface area (Å²) in [6.45, 7) is 0. The van der Waals surface area contributed by atoms with E-state index in [9.17, 15) is 9.59 Å². The molecule has 0 radical (unpaired) electrons. The van der Waals surface area contributed by atoms with E-state index in [0.717, 1.165) is 5.01 Å². The van der Waals surface area contributed by atoms with Crippen molar-refractivity contribution >= 4 is 11.9 Å². The molecule has 0 unspecified atom stereocenters. The molecule has 0 aliphatic carbocycles. The molecule has 0 spiro atoms. The number of nitrogens with zero attached hydrogens (tertiary/aromatic N) is 1. The maximum Gasteiger partial charge on any atom is 0.328 e. The van der Waals surface area contributed by atoms with E-state index in [-0.39, 0.29) is 12.3 Å². The third-order valence-electron chi connectivity index (χ3n) is 1.54. The van der Waals surface area contributed by atoms with Gasteiger partial charge in [-0.1, -0.05) is 0 Å². The van der Waals surface area contributed by atoms with Crippen LogP contribution in [0.1, 0.15) is 12.8 Å². The molecule has 1 aliphatic rings. The van der Waals surface area contributed by atoms with Gasteiger partial charge in [0.05, 0.1) is 0 Å². The largest absolute Gasteiger partial charge is 0.480 e. The first-order valence-corrected chi connectivity index (χ1v) is 2.92. The standard InChI is InChI=1S/C5H8N2O3/c6-7-3(5(9)10)1-2-4(7)8/h3H,1-2,6H2,(H,9,10)/t3-/m0/s1. The molecule has 56 valence electrons. The average molecular weight is 144 g/mol. The van der Waals surface area contributed by atoms with E-state index in [0.29, 0.717) is 6.42 Å². The van der Waals surface area contributed by atoms with Crippen molar-refractivity contribution in [3.8, 4) is 0 Å². The van der Waals surface area contributed by atoms with Crippen LogP contribution in [0.15, 0.2) is 0 Å². The molecule has 0 aromatic carbocycles. The first-order chi connectivity index (χ1) is 4.63. The van der Waals surface area contributed by atoms with Gasteiger partial charge >= 0.3 is 5.97 Å². The highest BCUT2D eigenvalue weighted by molar-refractivity contribution is 5.86. The topological polar surface area (TPSA) is 83.6 Å². The van der Waals surface area contributed by atoms with Gasteiger partial charge in [0.2, 0.25) is 5.91 Å². The monoisotopic (exact) mass is 144 g/mol. The Kier molecular flexibility index (Phi) is 1.58. The number of hydrazine groups is 1. The summed E-state index contributed by atoms with van der Waals surface area (Å²) in [5.74, 6) is 3.79. The molecule has 1 atom stereocenters. The normalized spacial score (nSPS) is 25.5. The van der Waals surface area contributed by atoms with Gasteiger partial charge in [-0.3, -0.25) is 9.80 Å². The van der Waals surface area contributed by atoms with Crippen molar-refractivity contribution in [3.63, 3.8) is 0 Å². The van der Waals surface area contributed by atoms with Gasteiger partial charge in [0.25, 0.3) is 0 Å². The maximum absolute atomic E-state index is 10.6. The number of amides is 1. The molecule has 10 heavy (non-hydrogen) atoms.